The predicted molar refractivity (Wildman–Crippen MR) is 123 cm³/mol. The number of nitrogens with one attached hydrogen (secondary N) is 1. The zero-order valence-electron chi connectivity index (χ0n) is 17.9. The molecule has 2 aliphatic heterocycles. The van der Waals surface area contributed by atoms with E-state index >= 15 is 0 Å². The Labute approximate surface area is 188 Å². The highest BCUT2D eigenvalue weighted by atomic mass is 32.2. The Morgan fingerprint density at radius 3 is 2.09 bits per heavy atom. The van der Waals surface area contributed by atoms with Crippen LogP contribution < -0.4 is 16.0 Å². The lowest BCUT2D eigenvalue weighted by Crippen LogP contribution is -2.35. The first-order chi connectivity index (χ1) is 15.4. The zero-order chi connectivity index (χ0) is 22.7. The highest BCUT2D eigenvalue weighted by Gasteiger charge is 2.28. The lowest BCUT2D eigenvalue weighted by Gasteiger charge is -2.27. The number of rotatable bonds is 6. The smallest absolute Gasteiger partial charge is 0.257 e. The van der Waals surface area contributed by atoms with E-state index in [0.717, 1.165) is 50.9 Å². The van der Waals surface area contributed by atoms with Crippen molar-refractivity contribution in [2.24, 2.45) is 5.73 Å². The third-order valence-electron chi connectivity index (χ3n) is 6.04. The second kappa shape index (κ2) is 9.30. The molecule has 2 aliphatic rings. The monoisotopic (exact) mass is 456 g/mol. The van der Waals surface area contributed by atoms with Crippen LogP contribution in [0.5, 0.6) is 0 Å². The Hall–Kier alpha value is -2.91. The van der Waals surface area contributed by atoms with Crippen molar-refractivity contribution in [2.45, 2.75) is 37.0 Å². The number of hydrogen-bond acceptors (Lipinski definition) is 5. The number of nitrogens with two attached hydrogens (primary N) is 1. The molecule has 2 heterocycles. The molecule has 2 aromatic rings. The summed E-state index contributed by atoms with van der Waals surface area (Å²) in [6.07, 6.45) is 4.79. The molecule has 0 aliphatic carbocycles. The van der Waals surface area contributed by atoms with Gasteiger partial charge in [-0.25, -0.2) is 8.42 Å². The van der Waals surface area contributed by atoms with Crippen molar-refractivity contribution in [2.75, 3.05) is 36.4 Å². The molecule has 2 fully saturated rings. The maximum absolute atomic E-state index is 13.2. The summed E-state index contributed by atoms with van der Waals surface area (Å²) in [5.41, 5.74) is 7.16. The highest BCUT2D eigenvalue weighted by molar-refractivity contribution is 7.89. The average molecular weight is 457 g/mol. The molecule has 2 amide bonds. The third-order valence-corrected chi connectivity index (χ3v) is 7.93. The van der Waals surface area contributed by atoms with Crippen molar-refractivity contribution in [1.29, 1.82) is 0 Å². The van der Waals surface area contributed by atoms with Gasteiger partial charge in [-0.15, -0.1) is 0 Å². The Bertz CT molecular complexity index is 1100. The predicted octanol–water partition coefficient (Wildman–Crippen LogP) is 2.81. The van der Waals surface area contributed by atoms with Gasteiger partial charge in [0, 0.05) is 43.1 Å². The standard InChI is InChI=1S/C23H28N4O4S/c24-22(28)17-6-8-18(9-7-17)25-23(29)20-16-19(10-11-21(20)26-12-4-5-13-26)32(30,31)27-14-2-1-3-15-27/h6-11,16H,1-5,12-15H2,(H2,24,28)(H,25,29). The number of benzene rings is 2. The summed E-state index contributed by atoms with van der Waals surface area (Å²) in [6.45, 7) is 2.66. The summed E-state index contributed by atoms with van der Waals surface area (Å²) in [5, 5.41) is 2.82. The van der Waals surface area contributed by atoms with Crippen LogP contribution in [0, 0.1) is 0 Å². The van der Waals surface area contributed by atoms with Gasteiger partial charge >= 0.3 is 0 Å². The van der Waals surface area contributed by atoms with Crippen LogP contribution in [0.3, 0.4) is 0 Å². The molecule has 0 unspecified atom stereocenters. The summed E-state index contributed by atoms with van der Waals surface area (Å²) < 4.78 is 27.9. The molecule has 9 heteroatoms. The van der Waals surface area contributed by atoms with Crippen LogP contribution in [0.15, 0.2) is 47.4 Å². The number of sulfonamides is 1. The van der Waals surface area contributed by atoms with Crippen molar-refractivity contribution in [1.82, 2.24) is 4.31 Å². The van der Waals surface area contributed by atoms with E-state index in [4.69, 9.17) is 5.73 Å². The van der Waals surface area contributed by atoms with Crippen LogP contribution >= 0.6 is 0 Å². The van der Waals surface area contributed by atoms with Crippen LogP contribution in [0.25, 0.3) is 0 Å². The van der Waals surface area contributed by atoms with Crippen LogP contribution in [-0.2, 0) is 10.0 Å². The summed E-state index contributed by atoms with van der Waals surface area (Å²) in [4.78, 5) is 26.8. The largest absolute Gasteiger partial charge is 0.371 e. The zero-order valence-corrected chi connectivity index (χ0v) is 18.7. The van der Waals surface area contributed by atoms with Crippen LogP contribution in [-0.4, -0.2) is 50.7 Å². The van der Waals surface area contributed by atoms with Gasteiger partial charge in [-0.05, 0) is 68.1 Å². The maximum atomic E-state index is 13.2. The minimum atomic E-state index is -3.66. The van der Waals surface area contributed by atoms with E-state index in [1.54, 1.807) is 24.3 Å². The summed E-state index contributed by atoms with van der Waals surface area (Å²) >= 11 is 0. The van der Waals surface area contributed by atoms with Gasteiger partial charge in [-0.2, -0.15) is 4.31 Å². The molecule has 8 nitrogen and oxygen atoms in total. The fourth-order valence-corrected chi connectivity index (χ4v) is 5.81. The molecule has 2 saturated heterocycles. The van der Waals surface area contributed by atoms with Crippen molar-refractivity contribution in [3.05, 3.63) is 53.6 Å². The molecule has 2 aromatic carbocycles. The number of primary amides is 1. The molecule has 0 aromatic heterocycles. The molecule has 0 radical (unpaired) electrons. The third kappa shape index (κ3) is 4.63. The van der Waals surface area contributed by atoms with Gasteiger partial charge < -0.3 is 16.0 Å². The highest BCUT2D eigenvalue weighted by Crippen LogP contribution is 2.30. The van der Waals surface area contributed by atoms with Crippen LogP contribution in [0.1, 0.15) is 52.8 Å². The minimum Gasteiger partial charge on any atom is -0.371 e. The molecule has 0 bridgehead atoms. The van der Waals surface area contributed by atoms with E-state index in [1.165, 1.54) is 22.5 Å². The second-order valence-corrected chi connectivity index (χ2v) is 10.2. The lowest BCUT2D eigenvalue weighted by molar-refractivity contribution is 0.0998. The number of anilines is 2. The number of carbonyl (C=O) groups excluding carboxylic acids is 2. The van der Waals surface area contributed by atoms with Gasteiger partial charge in [-0.3, -0.25) is 9.59 Å². The first-order valence-corrected chi connectivity index (χ1v) is 12.4. The first kappa shape index (κ1) is 22.3. The van der Waals surface area contributed by atoms with Crippen molar-refractivity contribution in [3.63, 3.8) is 0 Å². The quantitative estimate of drug-likeness (QED) is 0.694. The van der Waals surface area contributed by atoms with E-state index in [1.807, 2.05) is 0 Å². The Morgan fingerprint density at radius 2 is 1.47 bits per heavy atom. The lowest BCUT2D eigenvalue weighted by atomic mass is 10.1. The van der Waals surface area contributed by atoms with E-state index < -0.39 is 21.8 Å². The van der Waals surface area contributed by atoms with Gasteiger partial charge in [0.1, 0.15) is 0 Å². The molecule has 32 heavy (non-hydrogen) atoms. The SMILES string of the molecule is NC(=O)c1ccc(NC(=O)c2cc(S(=O)(=O)N3CCCCC3)ccc2N2CCCC2)cc1. The number of amides is 2. The van der Waals surface area contributed by atoms with E-state index in [0.29, 0.717) is 29.9 Å². The molecule has 170 valence electrons. The molecule has 0 spiro atoms. The average Bonchev–Trinajstić information content (AvgIpc) is 3.34. The van der Waals surface area contributed by atoms with Gasteiger partial charge in [-0.1, -0.05) is 6.42 Å². The summed E-state index contributed by atoms with van der Waals surface area (Å²) in [6, 6.07) is 11.1. The molecule has 0 saturated carbocycles. The van der Waals surface area contributed by atoms with Crippen molar-refractivity contribution < 1.29 is 18.0 Å². The van der Waals surface area contributed by atoms with Gasteiger partial charge in [0.05, 0.1) is 10.5 Å². The van der Waals surface area contributed by atoms with E-state index in [2.05, 4.69) is 10.2 Å². The number of piperidine rings is 1. The van der Waals surface area contributed by atoms with Crippen molar-refractivity contribution >= 4 is 33.2 Å². The number of nitrogens with zero attached hydrogens (tertiary/aromatic N) is 2. The van der Waals surface area contributed by atoms with Crippen molar-refractivity contribution in [3.8, 4) is 0 Å². The van der Waals surface area contributed by atoms with E-state index in [9.17, 15) is 18.0 Å². The maximum Gasteiger partial charge on any atom is 0.257 e. The topological polar surface area (TPSA) is 113 Å². The first-order valence-electron chi connectivity index (χ1n) is 11.0. The minimum absolute atomic E-state index is 0.136. The molecular weight excluding hydrogens is 428 g/mol. The van der Waals surface area contributed by atoms with Gasteiger partial charge in [0.25, 0.3) is 5.91 Å². The molecule has 0 atom stereocenters. The van der Waals surface area contributed by atoms with Gasteiger partial charge in [0.2, 0.25) is 15.9 Å². The van der Waals surface area contributed by atoms with Crippen LogP contribution in [0.2, 0.25) is 0 Å². The van der Waals surface area contributed by atoms with E-state index in [-0.39, 0.29) is 4.90 Å². The number of hydrogen-bond donors (Lipinski definition) is 2. The fraction of sp³-hybridized carbons (Fsp3) is 0.391. The molecule has 4 rings (SSSR count). The summed E-state index contributed by atoms with van der Waals surface area (Å²) in [7, 11) is -3.66. The fourth-order valence-electron chi connectivity index (χ4n) is 4.26. The van der Waals surface area contributed by atoms with Gasteiger partial charge in [0.15, 0.2) is 0 Å². The Balaban J connectivity index is 1.66. The Kier molecular flexibility index (Phi) is 6.48. The normalized spacial score (nSPS) is 17.3. The van der Waals surface area contributed by atoms with Crippen LogP contribution in [0.4, 0.5) is 11.4 Å². The molecular formula is C23H28N4O4S. The second-order valence-electron chi connectivity index (χ2n) is 8.23. The molecule has 3 N–H and O–H groups in total. The summed E-state index contributed by atoms with van der Waals surface area (Å²) in [5.74, 6) is -0.941. The number of carbonyl (C=O) groups is 2. The Morgan fingerprint density at radius 1 is 0.844 bits per heavy atom.